The van der Waals surface area contributed by atoms with E-state index in [0.717, 1.165) is 17.4 Å². The fraction of sp³-hybridized carbons (Fsp3) is 0.316. The van der Waals surface area contributed by atoms with Crippen molar-refractivity contribution in [2.24, 2.45) is 0 Å². The molecule has 6 heteroatoms. The largest absolute Gasteiger partial charge is 0.371 e. The summed E-state index contributed by atoms with van der Waals surface area (Å²) in [5.74, 6) is 0. The number of morpholine rings is 1. The normalized spacial score (nSPS) is 20.8. The quantitative estimate of drug-likeness (QED) is 0.734. The van der Waals surface area contributed by atoms with Gasteiger partial charge in [0.25, 0.3) is 0 Å². The molecule has 132 valence electrons. The molecule has 0 N–H and O–H groups in total. The number of methoxy groups -OCH3 is 1. The maximum absolute atomic E-state index is 12.1. The van der Waals surface area contributed by atoms with E-state index in [2.05, 4.69) is 0 Å². The maximum atomic E-state index is 12.1. The molecular formula is C19H19Cl2NO3. The van der Waals surface area contributed by atoms with Crippen molar-refractivity contribution in [2.45, 2.75) is 11.8 Å². The summed E-state index contributed by atoms with van der Waals surface area (Å²) >= 11 is 12.1. The van der Waals surface area contributed by atoms with Gasteiger partial charge in [-0.15, -0.1) is 0 Å². The maximum Gasteiger partial charge on any atom is 0.204 e. The molecule has 2 aromatic rings. The molecule has 4 nitrogen and oxygen atoms in total. The van der Waals surface area contributed by atoms with E-state index in [1.54, 1.807) is 19.2 Å². The van der Waals surface area contributed by atoms with Gasteiger partial charge in [0.05, 0.1) is 22.8 Å². The van der Waals surface area contributed by atoms with Crippen LogP contribution in [0, 0.1) is 0 Å². The highest BCUT2D eigenvalue weighted by Gasteiger charge is 2.41. The van der Waals surface area contributed by atoms with E-state index in [1.807, 2.05) is 41.3 Å². The van der Waals surface area contributed by atoms with Crippen LogP contribution in [0.3, 0.4) is 0 Å². The van der Waals surface area contributed by atoms with Crippen LogP contribution in [0.1, 0.15) is 17.2 Å². The third-order valence-electron chi connectivity index (χ3n) is 4.51. The minimum Gasteiger partial charge on any atom is -0.371 e. The lowest BCUT2D eigenvalue weighted by Crippen LogP contribution is -2.54. The van der Waals surface area contributed by atoms with Gasteiger partial charge in [0, 0.05) is 25.8 Å². The minimum absolute atomic E-state index is 0.221. The van der Waals surface area contributed by atoms with Gasteiger partial charge < -0.3 is 9.47 Å². The highest BCUT2D eigenvalue weighted by molar-refractivity contribution is 6.42. The number of nitrogens with zero attached hydrogens (tertiary/aromatic N) is 1. The van der Waals surface area contributed by atoms with Crippen molar-refractivity contribution in [1.29, 1.82) is 0 Å². The molecule has 0 aromatic heterocycles. The van der Waals surface area contributed by atoms with Gasteiger partial charge in [-0.3, -0.25) is 9.69 Å². The Morgan fingerprint density at radius 3 is 2.60 bits per heavy atom. The summed E-state index contributed by atoms with van der Waals surface area (Å²) in [6.07, 6.45) is 0.626. The van der Waals surface area contributed by atoms with Crippen molar-refractivity contribution in [3.05, 3.63) is 69.7 Å². The van der Waals surface area contributed by atoms with E-state index in [9.17, 15) is 4.79 Å². The van der Waals surface area contributed by atoms with Crippen molar-refractivity contribution < 1.29 is 14.3 Å². The lowest BCUT2D eigenvalue weighted by Gasteiger charge is -2.43. The van der Waals surface area contributed by atoms with Gasteiger partial charge in [-0.25, -0.2) is 0 Å². The van der Waals surface area contributed by atoms with Gasteiger partial charge in [0.15, 0.2) is 6.29 Å². The summed E-state index contributed by atoms with van der Waals surface area (Å²) in [6, 6.07) is 14.9. The van der Waals surface area contributed by atoms with E-state index in [-0.39, 0.29) is 6.10 Å². The van der Waals surface area contributed by atoms with Crippen LogP contribution in [0.5, 0.6) is 0 Å². The second-order valence-corrected chi connectivity index (χ2v) is 6.68. The molecule has 2 atom stereocenters. The van der Waals surface area contributed by atoms with Crippen molar-refractivity contribution in [1.82, 2.24) is 4.90 Å². The highest BCUT2D eigenvalue weighted by atomic mass is 35.5. The van der Waals surface area contributed by atoms with E-state index < -0.39 is 5.72 Å². The molecule has 0 aliphatic carbocycles. The molecule has 1 fully saturated rings. The van der Waals surface area contributed by atoms with Crippen LogP contribution >= 0.6 is 23.2 Å². The van der Waals surface area contributed by atoms with Gasteiger partial charge in [-0.05, 0) is 17.7 Å². The molecule has 0 radical (unpaired) electrons. The van der Waals surface area contributed by atoms with Gasteiger partial charge in [-0.1, -0.05) is 59.6 Å². The first-order valence-corrected chi connectivity index (χ1v) is 8.75. The fourth-order valence-electron chi connectivity index (χ4n) is 3.16. The standard InChI is InChI=1S/C19H19Cl2NO3/c1-24-19(13-23,15-5-3-2-4-6-15)22-9-10-25-18(12-22)14-7-8-16(20)17(21)11-14/h2-8,11,13,18H,9-10,12H2,1H3/t18-,19+/m1/s1. The van der Waals surface area contributed by atoms with Gasteiger partial charge in [0.2, 0.25) is 5.72 Å². The van der Waals surface area contributed by atoms with Crippen LogP contribution < -0.4 is 0 Å². The molecule has 2 aromatic carbocycles. The Kier molecular flexibility index (Phi) is 5.77. The van der Waals surface area contributed by atoms with Crippen LogP contribution in [-0.2, 0) is 20.0 Å². The smallest absolute Gasteiger partial charge is 0.204 e. The van der Waals surface area contributed by atoms with Gasteiger partial charge >= 0.3 is 0 Å². The van der Waals surface area contributed by atoms with Gasteiger partial charge in [-0.2, -0.15) is 0 Å². The molecule has 1 aliphatic rings. The summed E-state index contributed by atoms with van der Waals surface area (Å²) in [5.41, 5.74) is 0.574. The predicted molar refractivity (Wildman–Crippen MR) is 97.9 cm³/mol. The zero-order valence-corrected chi connectivity index (χ0v) is 15.3. The van der Waals surface area contributed by atoms with Crippen LogP contribution in [0.15, 0.2) is 48.5 Å². The fourth-order valence-corrected chi connectivity index (χ4v) is 3.47. The Morgan fingerprint density at radius 2 is 1.96 bits per heavy atom. The Morgan fingerprint density at radius 1 is 1.20 bits per heavy atom. The lowest BCUT2D eigenvalue weighted by molar-refractivity contribution is -0.182. The summed E-state index contributed by atoms with van der Waals surface area (Å²) < 4.78 is 11.6. The third-order valence-corrected chi connectivity index (χ3v) is 5.25. The molecule has 1 heterocycles. The molecule has 0 bridgehead atoms. The van der Waals surface area contributed by atoms with Crippen LogP contribution in [-0.4, -0.2) is 38.0 Å². The topological polar surface area (TPSA) is 38.8 Å². The predicted octanol–water partition coefficient (Wildman–Crippen LogP) is 4.07. The number of ether oxygens (including phenoxy) is 2. The first kappa shape index (κ1) is 18.4. The lowest BCUT2D eigenvalue weighted by atomic mass is 9.99. The zero-order valence-electron chi connectivity index (χ0n) is 13.8. The first-order chi connectivity index (χ1) is 12.1. The Bertz CT molecular complexity index is 741. The highest BCUT2D eigenvalue weighted by Crippen LogP contribution is 2.34. The summed E-state index contributed by atoms with van der Waals surface area (Å²) in [4.78, 5) is 14.0. The minimum atomic E-state index is -1.14. The average molecular weight is 380 g/mol. The number of rotatable bonds is 5. The molecule has 3 rings (SSSR count). The average Bonchev–Trinajstić information content (AvgIpc) is 2.67. The van der Waals surface area contributed by atoms with Gasteiger partial charge in [0.1, 0.15) is 0 Å². The molecule has 25 heavy (non-hydrogen) atoms. The molecule has 1 aliphatic heterocycles. The molecule has 0 saturated carbocycles. The van der Waals surface area contributed by atoms with Crippen LogP contribution in [0.4, 0.5) is 0 Å². The monoisotopic (exact) mass is 379 g/mol. The number of aldehydes is 1. The summed E-state index contributed by atoms with van der Waals surface area (Å²) in [6.45, 7) is 1.56. The Hall–Kier alpha value is -1.43. The zero-order chi connectivity index (χ0) is 17.9. The second kappa shape index (κ2) is 7.85. The molecule has 0 amide bonds. The van der Waals surface area contributed by atoms with E-state index in [1.165, 1.54) is 0 Å². The number of halogens is 2. The van der Waals surface area contributed by atoms with Crippen molar-refractivity contribution in [3.63, 3.8) is 0 Å². The van der Waals surface area contributed by atoms with E-state index >= 15 is 0 Å². The Labute approximate surface area is 157 Å². The third kappa shape index (κ3) is 3.59. The SMILES string of the molecule is CO[C@@](C=O)(c1ccccc1)N1CCO[C@@H](c2ccc(Cl)c(Cl)c2)C1. The molecule has 1 saturated heterocycles. The van der Waals surface area contributed by atoms with Crippen molar-refractivity contribution in [2.75, 3.05) is 26.8 Å². The number of benzene rings is 2. The number of carbonyl (C=O) groups excluding carboxylic acids is 1. The van der Waals surface area contributed by atoms with E-state index in [0.29, 0.717) is 29.7 Å². The van der Waals surface area contributed by atoms with Crippen LogP contribution in [0.2, 0.25) is 10.0 Å². The molecular weight excluding hydrogens is 361 g/mol. The molecule has 0 unspecified atom stereocenters. The van der Waals surface area contributed by atoms with Crippen molar-refractivity contribution >= 4 is 29.5 Å². The second-order valence-electron chi connectivity index (χ2n) is 5.86. The summed E-state index contributed by atoms with van der Waals surface area (Å²) in [5, 5.41) is 0.984. The van der Waals surface area contributed by atoms with Crippen LogP contribution in [0.25, 0.3) is 0 Å². The molecule has 0 spiro atoms. The van der Waals surface area contributed by atoms with E-state index in [4.69, 9.17) is 32.7 Å². The number of carbonyl (C=O) groups is 1. The number of hydrogen-bond donors (Lipinski definition) is 0. The van der Waals surface area contributed by atoms with Crippen molar-refractivity contribution in [3.8, 4) is 0 Å². The summed E-state index contributed by atoms with van der Waals surface area (Å²) in [7, 11) is 1.55. The first-order valence-electron chi connectivity index (χ1n) is 7.99. The number of hydrogen-bond acceptors (Lipinski definition) is 4. The Balaban J connectivity index is 1.90.